The van der Waals surface area contributed by atoms with Gasteiger partial charge >= 0.3 is 0 Å². The van der Waals surface area contributed by atoms with Gasteiger partial charge in [0.05, 0.1) is 19.8 Å². The molecule has 130 valence electrons. The van der Waals surface area contributed by atoms with Crippen LogP contribution in [-0.2, 0) is 4.74 Å². The smallest absolute Gasteiger partial charge is 0.161 e. The van der Waals surface area contributed by atoms with Crippen molar-refractivity contribution in [3.8, 4) is 11.5 Å². The first-order valence-corrected chi connectivity index (χ1v) is 8.83. The maximum absolute atomic E-state index is 5.75. The fraction of sp³-hybridized carbons (Fsp3) is 0.684. The van der Waals surface area contributed by atoms with E-state index in [-0.39, 0.29) is 0 Å². The fourth-order valence-corrected chi connectivity index (χ4v) is 3.33. The molecule has 1 aliphatic rings. The lowest BCUT2D eigenvalue weighted by molar-refractivity contribution is 0.0590. The van der Waals surface area contributed by atoms with Gasteiger partial charge in [0, 0.05) is 19.6 Å². The molecule has 1 aliphatic heterocycles. The highest BCUT2D eigenvalue weighted by atomic mass is 16.5. The number of hydrogen-bond donors (Lipinski definition) is 0. The number of para-hydroxylation sites is 2. The molecule has 1 aromatic carbocycles. The average molecular weight is 321 g/mol. The summed E-state index contributed by atoms with van der Waals surface area (Å²) in [4.78, 5) is 2.52. The molecular weight excluding hydrogens is 290 g/mol. The van der Waals surface area contributed by atoms with E-state index >= 15 is 0 Å². The first kappa shape index (κ1) is 18.1. The molecule has 2 atom stereocenters. The number of ether oxygens (including phenoxy) is 3. The van der Waals surface area contributed by atoms with Crippen LogP contribution in [0.25, 0.3) is 0 Å². The van der Waals surface area contributed by atoms with Crippen molar-refractivity contribution in [1.82, 2.24) is 4.90 Å². The molecule has 0 aliphatic carbocycles. The Balaban J connectivity index is 1.59. The van der Waals surface area contributed by atoms with Crippen LogP contribution in [0.4, 0.5) is 0 Å². The van der Waals surface area contributed by atoms with E-state index in [1.165, 1.54) is 19.5 Å². The summed E-state index contributed by atoms with van der Waals surface area (Å²) in [7, 11) is 0. The average Bonchev–Trinajstić information content (AvgIpc) is 2.51. The SMILES string of the molecule is CCOc1ccccc1OCCOCCN1C[C@H](C)C[C@H](C)C1. The third-order valence-electron chi connectivity index (χ3n) is 4.13. The van der Waals surface area contributed by atoms with Gasteiger partial charge in [0.1, 0.15) is 6.61 Å². The van der Waals surface area contributed by atoms with Gasteiger partial charge in [-0.3, -0.25) is 0 Å². The van der Waals surface area contributed by atoms with E-state index in [2.05, 4.69) is 18.7 Å². The summed E-state index contributed by atoms with van der Waals surface area (Å²) >= 11 is 0. The van der Waals surface area contributed by atoms with Crippen LogP contribution in [0.1, 0.15) is 27.2 Å². The summed E-state index contributed by atoms with van der Waals surface area (Å²) < 4.78 is 17.0. The van der Waals surface area contributed by atoms with Crippen LogP contribution in [0.3, 0.4) is 0 Å². The molecule has 4 heteroatoms. The summed E-state index contributed by atoms with van der Waals surface area (Å²) in [5.41, 5.74) is 0. The maximum atomic E-state index is 5.75. The predicted molar refractivity (Wildman–Crippen MR) is 93.3 cm³/mol. The van der Waals surface area contributed by atoms with Gasteiger partial charge in [-0.15, -0.1) is 0 Å². The molecule has 0 bridgehead atoms. The molecule has 0 unspecified atom stereocenters. The molecule has 23 heavy (non-hydrogen) atoms. The van der Waals surface area contributed by atoms with Crippen LogP contribution in [0, 0.1) is 11.8 Å². The zero-order valence-electron chi connectivity index (χ0n) is 14.8. The Morgan fingerprint density at radius 1 is 0.957 bits per heavy atom. The maximum Gasteiger partial charge on any atom is 0.161 e. The van der Waals surface area contributed by atoms with Crippen molar-refractivity contribution < 1.29 is 14.2 Å². The van der Waals surface area contributed by atoms with E-state index < -0.39 is 0 Å². The number of hydrogen-bond acceptors (Lipinski definition) is 4. The molecule has 0 N–H and O–H groups in total. The van der Waals surface area contributed by atoms with Gasteiger partial charge in [-0.2, -0.15) is 0 Å². The van der Waals surface area contributed by atoms with Gasteiger partial charge in [-0.05, 0) is 37.3 Å². The van der Waals surface area contributed by atoms with E-state index in [0.29, 0.717) is 19.8 Å². The van der Waals surface area contributed by atoms with Crippen molar-refractivity contribution in [1.29, 1.82) is 0 Å². The zero-order valence-corrected chi connectivity index (χ0v) is 14.8. The minimum absolute atomic E-state index is 0.552. The lowest BCUT2D eigenvalue weighted by atomic mass is 9.92. The number of piperidine rings is 1. The molecule has 0 radical (unpaired) electrons. The summed E-state index contributed by atoms with van der Waals surface area (Å²) in [5, 5.41) is 0. The third kappa shape index (κ3) is 6.40. The number of benzene rings is 1. The minimum Gasteiger partial charge on any atom is -0.490 e. The van der Waals surface area contributed by atoms with Crippen molar-refractivity contribution >= 4 is 0 Å². The van der Waals surface area contributed by atoms with Crippen LogP contribution in [-0.4, -0.2) is 51.0 Å². The van der Waals surface area contributed by atoms with Gasteiger partial charge in [0.15, 0.2) is 11.5 Å². The van der Waals surface area contributed by atoms with Gasteiger partial charge < -0.3 is 19.1 Å². The Bertz CT molecular complexity index is 442. The Hall–Kier alpha value is -1.26. The second kappa shape index (κ2) is 9.78. The number of likely N-dealkylation sites (tertiary alicyclic amines) is 1. The monoisotopic (exact) mass is 321 g/mol. The Labute approximate surface area is 140 Å². The van der Waals surface area contributed by atoms with Crippen LogP contribution in [0.2, 0.25) is 0 Å². The van der Waals surface area contributed by atoms with Crippen molar-refractivity contribution in [3.63, 3.8) is 0 Å². The third-order valence-corrected chi connectivity index (χ3v) is 4.13. The van der Waals surface area contributed by atoms with Crippen molar-refractivity contribution in [2.45, 2.75) is 27.2 Å². The van der Waals surface area contributed by atoms with Crippen molar-refractivity contribution in [3.05, 3.63) is 24.3 Å². The lowest BCUT2D eigenvalue weighted by Gasteiger charge is -2.34. The highest BCUT2D eigenvalue weighted by Gasteiger charge is 2.21. The second-order valence-corrected chi connectivity index (χ2v) is 6.55. The van der Waals surface area contributed by atoms with E-state index in [0.717, 1.165) is 36.5 Å². The summed E-state index contributed by atoms with van der Waals surface area (Å²) in [5.74, 6) is 3.19. The van der Waals surface area contributed by atoms with Gasteiger partial charge in [0.25, 0.3) is 0 Å². The van der Waals surface area contributed by atoms with E-state index in [1.807, 2.05) is 31.2 Å². The van der Waals surface area contributed by atoms with Crippen LogP contribution in [0.15, 0.2) is 24.3 Å². The first-order chi connectivity index (χ1) is 11.2. The Morgan fingerprint density at radius 3 is 2.26 bits per heavy atom. The molecule has 1 fully saturated rings. The zero-order chi connectivity index (χ0) is 16.5. The van der Waals surface area contributed by atoms with E-state index in [9.17, 15) is 0 Å². The molecule has 1 saturated heterocycles. The molecule has 0 saturated carbocycles. The van der Waals surface area contributed by atoms with Gasteiger partial charge in [0.2, 0.25) is 0 Å². The molecule has 0 amide bonds. The van der Waals surface area contributed by atoms with Gasteiger partial charge in [-0.25, -0.2) is 0 Å². The Morgan fingerprint density at radius 2 is 1.61 bits per heavy atom. The predicted octanol–water partition coefficient (Wildman–Crippen LogP) is 3.46. The molecule has 1 aromatic rings. The van der Waals surface area contributed by atoms with E-state index in [4.69, 9.17) is 14.2 Å². The van der Waals surface area contributed by atoms with Gasteiger partial charge in [-0.1, -0.05) is 26.0 Å². The highest BCUT2D eigenvalue weighted by Crippen LogP contribution is 2.26. The van der Waals surface area contributed by atoms with E-state index in [1.54, 1.807) is 0 Å². The summed E-state index contributed by atoms with van der Waals surface area (Å²) in [6, 6.07) is 7.77. The molecular formula is C19H31NO3. The molecule has 4 nitrogen and oxygen atoms in total. The quantitative estimate of drug-likeness (QED) is 0.652. The van der Waals surface area contributed by atoms with Crippen LogP contribution < -0.4 is 9.47 Å². The molecule has 2 rings (SSSR count). The molecule has 1 heterocycles. The highest BCUT2D eigenvalue weighted by molar-refractivity contribution is 5.39. The van der Waals surface area contributed by atoms with Crippen molar-refractivity contribution in [2.75, 3.05) is 46.1 Å². The molecule has 0 aromatic heterocycles. The van der Waals surface area contributed by atoms with Crippen LogP contribution >= 0.6 is 0 Å². The Kier molecular flexibility index (Phi) is 7.69. The topological polar surface area (TPSA) is 30.9 Å². The normalized spacial score (nSPS) is 22.0. The van der Waals surface area contributed by atoms with Crippen molar-refractivity contribution in [2.24, 2.45) is 11.8 Å². The number of nitrogens with zero attached hydrogens (tertiary/aromatic N) is 1. The number of rotatable bonds is 9. The summed E-state index contributed by atoms with van der Waals surface area (Å²) in [6.45, 7) is 12.7. The largest absolute Gasteiger partial charge is 0.490 e. The van der Waals surface area contributed by atoms with Crippen LogP contribution in [0.5, 0.6) is 11.5 Å². The summed E-state index contributed by atoms with van der Waals surface area (Å²) in [6.07, 6.45) is 1.35. The first-order valence-electron chi connectivity index (χ1n) is 8.83. The molecule has 0 spiro atoms. The second-order valence-electron chi connectivity index (χ2n) is 6.55. The minimum atomic E-state index is 0.552. The fourth-order valence-electron chi connectivity index (χ4n) is 3.33. The standard InChI is InChI=1S/C19H31NO3/c1-4-22-18-7-5-6-8-19(18)23-12-11-21-10-9-20-14-16(2)13-17(3)15-20/h5-8,16-17H,4,9-15H2,1-3H3/t16-,17+. The lowest BCUT2D eigenvalue weighted by Crippen LogP contribution is -2.40.